The van der Waals surface area contributed by atoms with Gasteiger partial charge in [-0.05, 0) is 24.3 Å². The number of hydrogen-bond acceptors (Lipinski definition) is 5. The molecule has 0 spiro atoms. The number of pyridine rings is 1. The number of rotatable bonds is 4. The number of benzene rings is 2. The van der Waals surface area contributed by atoms with Gasteiger partial charge in [0.25, 0.3) is 0 Å². The molecule has 3 aromatic rings. The summed E-state index contributed by atoms with van der Waals surface area (Å²) in [7, 11) is 3.21. The Labute approximate surface area is 173 Å². The van der Waals surface area contributed by atoms with Crippen molar-refractivity contribution in [2.24, 2.45) is 5.10 Å². The predicted molar refractivity (Wildman–Crippen MR) is 113 cm³/mol. The Hall–Kier alpha value is -3.12. The molecule has 1 aliphatic heterocycles. The normalized spacial score (nSPS) is 16.1. The summed E-state index contributed by atoms with van der Waals surface area (Å²) in [5.41, 5.74) is 3.05. The summed E-state index contributed by atoms with van der Waals surface area (Å²) in [6.07, 6.45) is 0.511. The van der Waals surface area contributed by atoms with E-state index < -0.39 is 0 Å². The van der Waals surface area contributed by atoms with Gasteiger partial charge in [0.1, 0.15) is 22.2 Å². The van der Waals surface area contributed by atoms with Crippen molar-refractivity contribution in [1.29, 1.82) is 0 Å². The molecule has 0 radical (unpaired) electrons. The number of hydrazone groups is 1. The van der Waals surface area contributed by atoms with E-state index in [4.69, 9.17) is 21.1 Å². The van der Waals surface area contributed by atoms with Crippen LogP contribution in [0.3, 0.4) is 0 Å². The zero-order valence-electron chi connectivity index (χ0n) is 16.3. The number of nitrogens with zero attached hydrogens (tertiary/aromatic N) is 3. The summed E-state index contributed by atoms with van der Waals surface area (Å²) in [4.78, 5) is 16.9. The molecule has 4 rings (SSSR count). The molecule has 2 heterocycles. The van der Waals surface area contributed by atoms with Crippen LogP contribution in [-0.2, 0) is 4.79 Å². The van der Waals surface area contributed by atoms with Crippen LogP contribution >= 0.6 is 11.6 Å². The van der Waals surface area contributed by atoms with E-state index in [1.807, 2.05) is 48.5 Å². The van der Waals surface area contributed by atoms with E-state index in [2.05, 4.69) is 10.1 Å². The maximum Gasteiger partial charge on any atom is 0.240 e. The number of aromatic nitrogens is 1. The molecule has 6 nitrogen and oxygen atoms in total. The van der Waals surface area contributed by atoms with E-state index in [0.717, 1.165) is 22.2 Å². The highest BCUT2D eigenvalue weighted by Gasteiger charge is 2.34. The number of para-hydroxylation sites is 2. The predicted octanol–water partition coefficient (Wildman–Crippen LogP) is 4.60. The second kappa shape index (κ2) is 7.72. The van der Waals surface area contributed by atoms with Gasteiger partial charge in [-0.2, -0.15) is 5.10 Å². The number of hydrogen-bond donors (Lipinski definition) is 0. The maximum atomic E-state index is 12.3. The highest BCUT2D eigenvalue weighted by atomic mass is 35.5. The maximum absolute atomic E-state index is 12.3. The highest BCUT2D eigenvalue weighted by Crippen LogP contribution is 2.39. The third-order valence-electron chi connectivity index (χ3n) is 5.02. The summed E-state index contributed by atoms with van der Waals surface area (Å²) in [5, 5.41) is 7.27. The van der Waals surface area contributed by atoms with E-state index in [0.29, 0.717) is 28.6 Å². The minimum atomic E-state index is -0.344. The Bertz CT molecular complexity index is 1130. The first kappa shape index (κ1) is 19.2. The molecular formula is C22H20ClN3O3. The zero-order chi connectivity index (χ0) is 20.5. The Kier molecular flexibility index (Phi) is 5.11. The molecule has 148 valence electrons. The number of amides is 1. The number of carbonyl (C=O) groups is 1. The molecule has 0 N–H and O–H groups in total. The Balaban J connectivity index is 1.79. The molecular weight excluding hydrogens is 390 g/mol. The number of ether oxygens (including phenoxy) is 2. The van der Waals surface area contributed by atoms with E-state index in [-0.39, 0.29) is 11.9 Å². The van der Waals surface area contributed by atoms with Gasteiger partial charge in [-0.25, -0.2) is 9.99 Å². The molecule has 0 bridgehead atoms. The molecule has 0 saturated carbocycles. The third-order valence-corrected chi connectivity index (χ3v) is 5.32. The van der Waals surface area contributed by atoms with Crippen LogP contribution < -0.4 is 9.47 Å². The summed E-state index contributed by atoms with van der Waals surface area (Å²) < 4.78 is 10.9. The summed E-state index contributed by atoms with van der Waals surface area (Å²) in [5.74, 6) is 1.20. The fraction of sp³-hybridized carbons (Fsp3) is 0.227. The van der Waals surface area contributed by atoms with E-state index in [1.165, 1.54) is 11.9 Å². The Morgan fingerprint density at radius 3 is 2.55 bits per heavy atom. The van der Waals surface area contributed by atoms with Crippen LogP contribution in [0.5, 0.6) is 11.5 Å². The third kappa shape index (κ3) is 3.40. The van der Waals surface area contributed by atoms with Crippen LogP contribution in [0.4, 0.5) is 0 Å². The van der Waals surface area contributed by atoms with Crippen LogP contribution in [0.1, 0.15) is 30.5 Å². The van der Waals surface area contributed by atoms with Gasteiger partial charge in [0.2, 0.25) is 5.91 Å². The summed E-state index contributed by atoms with van der Waals surface area (Å²) >= 11 is 6.55. The van der Waals surface area contributed by atoms with Crippen molar-refractivity contribution in [2.45, 2.75) is 19.4 Å². The fourth-order valence-electron chi connectivity index (χ4n) is 3.65. The van der Waals surface area contributed by atoms with E-state index in [9.17, 15) is 4.79 Å². The topological polar surface area (TPSA) is 64.0 Å². The first-order valence-electron chi connectivity index (χ1n) is 9.17. The molecule has 0 saturated heterocycles. The minimum absolute atomic E-state index is 0.165. The Morgan fingerprint density at radius 1 is 1.10 bits per heavy atom. The average molecular weight is 410 g/mol. The molecule has 7 heteroatoms. The molecule has 29 heavy (non-hydrogen) atoms. The van der Waals surface area contributed by atoms with Gasteiger partial charge in [0.05, 0.1) is 26.0 Å². The second-order valence-electron chi connectivity index (χ2n) is 6.73. The molecule has 1 amide bonds. The number of methoxy groups -OCH3 is 2. The van der Waals surface area contributed by atoms with Crippen LogP contribution in [0.25, 0.3) is 10.9 Å². The number of fused-ring (bicyclic) bond motifs is 1. The van der Waals surface area contributed by atoms with Crippen molar-refractivity contribution in [1.82, 2.24) is 9.99 Å². The number of halogens is 1. The lowest BCUT2D eigenvalue weighted by atomic mass is 9.98. The average Bonchev–Trinajstić information content (AvgIpc) is 3.18. The van der Waals surface area contributed by atoms with Gasteiger partial charge in [0, 0.05) is 29.9 Å². The molecule has 2 aromatic carbocycles. The van der Waals surface area contributed by atoms with Crippen molar-refractivity contribution in [3.63, 3.8) is 0 Å². The lowest BCUT2D eigenvalue weighted by molar-refractivity contribution is -0.130. The monoisotopic (exact) mass is 409 g/mol. The van der Waals surface area contributed by atoms with Gasteiger partial charge in [-0.15, -0.1) is 0 Å². The quantitative estimate of drug-likeness (QED) is 0.590. The van der Waals surface area contributed by atoms with Crippen LogP contribution in [0.2, 0.25) is 5.15 Å². The summed E-state index contributed by atoms with van der Waals surface area (Å²) in [6, 6.07) is 14.9. The van der Waals surface area contributed by atoms with Gasteiger partial charge in [-0.3, -0.25) is 4.79 Å². The molecule has 1 aromatic heterocycles. The lowest BCUT2D eigenvalue weighted by Gasteiger charge is -2.21. The van der Waals surface area contributed by atoms with Crippen molar-refractivity contribution in [2.75, 3.05) is 14.2 Å². The standard InChI is InChI=1S/C22H20ClN3O3/c1-13(27)26-18(12-17(25-26)15-8-4-5-9-19(15)28-2)16-11-14-7-6-10-20(29-3)21(14)24-22(16)23/h4-11,18H,12H2,1-3H3/t18-/m1/s1. The molecule has 1 aliphatic rings. The first-order chi connectivity index (χ1) is 14.0. The largest absolute Gasteiger partial charge is 0.496 e. The highest BCUT2D eigenvalue weighted by molar-refractivity contribution is 6.30. The van der Waals surface area contributed by atoms with Crippen molar-refractivity contribution >= 4 is 34.1 Å². The van der Waals surface area contributed by atoms with Crippen LogP contribution in [-0.4, -0.2) is 35.8 Å². The zero-order valence-corrected chi connectivity index (χ0v) is 17.1. The summed E-state index contributed by atoms with van der Waals surface area (Å²) in [6.45, 7) is 1.49. The van der Waals surface area contributed by atoms with E-state index in [1.54, 1.807) is 14.2 Å². The molecule has 0 aliphatic carbocycles. The molecule has 0 fully saturated rings. The Morgan fingerprint density at radius 2 is 1.83 bits per heavy atom. The second-order valence-corrected chi connectivity index (χ2v) is 7.09. The molecule has 1 atom stereocenters. The van der Waals surface area contributed by atoms with Crippen LogP contribution in [0, 0.1) is 0 Å². The van der Waals surface area contributed by atoms with E-state index >= 15 is 0 Å². The lowest BCUT2D eigenvalue weighted by Crippen LogP contribution is -2.24. The molecule has 0 unspecified atom stereocenters. The minimum Gasteiger partial charge on any atom is -0.496 e. The number of carbonyl (C=O) groups excluding carboxylic acids is 1. The smallest absolute Gasteiger partial charge is 0.240 e. The fourth-order valence-corrected chi connectivity index (χ4v) is 3.92. The first-order valence-corrected chi connectivity index (χ1v) is 9.55. The van der Waals surface area contributed by atoms with Gasteiger partial charge in [0.15, 0.2) is 0 Å². The van der Waals surface area contributed by atoms with Gasteiger partial charge >= 0.3 is 0 Å². The van der Waals surface area contributed by atoms with Crippen molar-refractivity contribution < 1.29 is 14.3 Å². The van der Waals surface area contributed by atoms with Gasteiger partial charge < -0.3 is 9.47 Å². The van der Waals surface area contributed by atoms with Crippen molar-refractivity contribution in [3.8, 4) is 11.5 Å². The SMILES string of the molecule is COc1ccccc1C1=NN(C(C)=O)[C@@H](c2cc3cccc(OC)c3nc2Cl)C1. The van der Waals surface area contributed by atoms with Gasteiger partial charge in [-0.1, -0.05) is 35.9 Å². The van der Waals surface area contributed by atoms with Crippen molar-refractivity contribution in [3.05, 3.63) is 64.8 Å². The van der Waals surface area contributed by atoms with Crippen LogP contribution in [0.15, 0.2) is 53.6 Å².